The minimum Gasteiger partial charge on any atom is -0.396 e. The van der Waals surface area contributed by atoms with Crippen LogP contribution in [0.15, 0.2) is 30.3 Å². The van der Waals surface area contributed by atoms with Crippen LogP contribution in [-0.2, 0) is 11.2 Å². The van der Waals surface area contributed by atoms with E-state index in [0.717, 1.165) is 17.4 Å². The summed E-state index contributed by atoms with van der Waals surface area (Å²) in [6.45, 7) is 0.170. The summed E-state index contributed by atoms with van der Waals surface area (Å²) in [6, 6.07) is 7.73. The number of carbonyl (C=O) groups excluding carboxylic acids is 1. The fraction of sp³-hybridized carbons (Fsp3) is 0.182. The topological polar surface area (TPSA) is 37.3 Å². The average Bonchev–Trinajstić information content (AvgIpc) is 2.17. The van der Waals surface area contributed by atoms with E-state index in [1.807, 2.05) is 24.3 Å². The summed E-state index contributed by atoms with van der Waals surface area (Å²) in [5.41, 5.74) is 2.10. The maximum Gasteiger partial charge on any atom is 0.142 e. The number of aliphatic hydroxyl groups excluding tert-OH is 1. The second-order valence-electron chi connectivity index (χ2n) is 2.71. The van der Waals surface area contributed by atoms with Gasteiger partial charge in [0.2, 0.25) is 0 Å². The van der Waals surface area contributed by atoms with E-state index in [-0.39, 0.29) is 6.61 Å². The summed E-state index contributed by atoms with van der Waals surface area (Å²) in [5, 5.41) is 8.67. The van der Waals surface area contributed by atoms with Crippen molar-refractivity contribution in [1.29, 1.82) is 0 Å². The van der Waals surface area contributed by atoms with Crippen LogP contribution in [0, 0.1) is 0 Å². The number of hydrogen-bond acceptors (Lipinski definition) is 2. The summed E-state index contributed by atoms with van der Waals surface area (Å²) < 4.78 is 0. The van der Waals surface area contributed by atoms with E-state index in [0.29, 0.717) is 6.42 Å². The van der Waals surface area contributed by atoms with Crippen molar-refractivity contribution in [1.82, 2.24) is 0 Å². The summed E-state index contributed by atoms with van der Waals surface area (Å²) in [5.74, 6) is 0. The standard InChI is InChI=1S/C11H12O2/c12-8-1-2-10-3-5-11(6-4-10)7-9-13/h1-6,8,13H,7,9H2/b2-1+. The zero-order valence-corrected chi connectivity index (χ0v) is 7.31. The first-order chi connectivity index (χ1) is 6.36. The Morgan fingerprint density at radius 3 is 2.46 bits per heavy atom. The number of benzene rings is 1. The van der Waals surface area contributed by atoms with E-state index in [1.54, 1.807) is 6.08 Å². The van der Waals surface area contributed by atoms with Gasteiger partial charge in [0.05, 0.1) is 0 Å². The Morgan fingerprint density at radius 2 is 1.92 bits per heavy atom. The maximum atomic E-state index is 10.0. The summed E-state index contributed by atoms with van der Waals surface area (Å²) in [6.07, 6.45) is 4.64. The molecular weight excluding hydrogens is 164 g/mol. The van der Waals surface area contributed by atoms with Crippen LogP contribution in [0.25, 0.3) is 6.08 Å². The van der Waals surface area contributed by atoms with E-state index < -0.39 is 0 Å². The first kappa shape index (κ1) is 9.68. The number of rotatable bonds is 4. The quantitative estimate of drug-likeness (QED) is 0.556. The molecule has 1 aromatic rings. The molecule has 2 nitrogen and oxygen atoms in total. The van der Waals surface area contributed by atoms with Crippen LogP contribution in [0.3, 0.4) is 0 Å². The second kappa shape index (κ2) is 5.27. The van der Waals surface area contributed by atoms with Gasteiger partial charge in [-0.05, 0) is 23.6 Å². The smallest absolute Gasteiger partial charge is 0.142 e. The SMILES string of the molecule is O=C/C=C/c1ccc(CCO)cc1. The third-order valence-electron chi connectivity index (χ3n) is 1.75. The largest absolute Gasteiger partial charge is 0.396 e. The molecule has 0 aromatic heterocycles. The molecule has 1 N–H and O–H groups in total. The van der Waals surface area contributed by atoms with Gasteiger partial charge >= 0.3 is 0 Å². The molecule has 0 unspecified atom stereocenters. The molecular formula is C11H12O2. The molecule has 1 aromatic carbocycles. The molecule has 0 fully saturated rings. The van der Waals surface area contributed by atoms with Gasteiger partial charge in [-0.15, -0.1) is 0 Å². The van der Waals surface area contributed by atoms with Crippen LogP contribution >= 0.6 is 0 Å². The number of allylic oxidation sites excluding steroid dienone is 1. The Hall–Kier alpha value is -1.41. The van der Waals surface area contributed by atoms with Crippen LogP contribution in [0.5, 0.6) is 0 Å². The predicted molar refractivity (Wildman–Crippen MR) is 52.3 cm³/mol. The molecule has 1 rings (SSSR count). The van der Waals surface area contributed by atoms with E-state index in [1.165, 1.54) is 6.08 Å². The first-order valence-electron chi connectivity index (χ1n) is 4.18. The highest BCUT2D eigenvalue weighted by molar-refractivity contribution is 5.73. The third-order valence-corrected chi connectivity index (χ3v) is 1.75. The van der Waals surface area contributed by atoms with Crippen molar-refractivity contribution >= 4 is 12.4 Å². The van der Waals surface area contributed by atoms with E-state index in [4.69, 9.17) is 5.11 Å². The van der Waals surface area contributed by atoms with Crippen LogP contribution in [0.1, 0.15) is 11.1 Å². The van der Waals surface area contributed by atoms with Crippen molar-refractivity contribution in [2.45, 2.75) is 6.42 Å². The van der Waals surface area contributed by atoms with Gasteiger partial charge in [-0.25, -0.2) is 0 Å². The summed E-state index contributed by atoms with van der Waals surface area (Å²) in [7, 11) is 0. The van der Waals surface area contributed by atoms with Gasteiger partial charge in [-0.2, -0.15) is 0 Å². The normalized spacial score (nSPS) is 10.5. The molecule has 0 aliphatic carbocycles. The molecule has 0 aliphatic rings. The monoisotopic (exact) mass is 176 g/mol. The Balaban J connectivity index is 2.69. The van der Waals surface area contributed by atoms with Crippen LogP contribution in [-0.4, -0.2) is 18.0 Å². The van der Waals surface area contributed by atoms with Crippen molar-refractivity contribution in [2.75, 3.05) is 6.61 Å². The van der Waals surface area contributed by atoms with Crippen LogP contribution in [0.4, 0.5) is 0 Å². The first-order valence-corrected chi connectivity index (χ1v) is 4.18. The maximum absolute atomic E-state index is 10.0. The zero-order chi connectivity index (χ0) is 9.52. The van der Waals surface area contributed by atoms with Crippen LogP contribution < -0.4 is 0 Å². The molecule has 0 heterocycles. The fourth-order valence-electron chi connectivity index (χ4n) is 1.07. The Bertz CT molecular complexity index is 285. The molecule has 2 heteroatoms. The van der Waals surface area contributed by atoms with Gasteiger partial charge in [-0.3, -0.25) is 4.79 Å². The molecule has 13 heavy (non-hydrogen) atoms. The highest BCUT2D eigenvalue weighted by Gasteiger charge is 1.90. The highest BCUT2D eigenvalue weighted by atomic mass is 16.2. The van der Waals surface area contributed by atoms with Crippen molar-refractivity contribution in [3.8, 4) is 0 Å². The molecule has 0 spiro atoms. The number of aldehydes is 1. The van der Waals surface area contributed by atoms with Crippen molar-refractivity contribution < 1.29 is 9.90 Å². The number of carbonyl (C=O) groups is 1. The van der Waals surface area contributed by atoms with Crippen molar-refractivity contribution in [3.63, 3.8) is 0 Å². The number of aliphatic hydroxyl groups is 1. The van der Waals surface area contributed by atoms with Gasteiger partial charge in [0.1, 0.15) is 6.29 Å². The van der Waals surface area contributed by atoms with Gasteiger partial charge in [0, 0.05) is 6.61 Å². The number of hydrogen-bond donors (Lipinski definition) is 1. The lowest BCUT2D eigenvalue weighted by Gasteiger charge is -1.97. The van der Waals surface area contributed by atoms with Crippen molar-refractivity contribution in [2.24, 2.45) is 0 Å². The van der Waals surface area contributed by atoms with Gasteiger partial charge in [-0.1, -0.05) is 30.3 Å². The van der Waals surface area contributed by atoms with E-state index in [9.17, 15) is 4.79 Å². The lowest BCUT2D eigenvalue weighted by Crippen LogP contribution is -1.89. The van der Waals surface area contributed by atoms with E-state index >= 15 is 0 Å². The molecule has 0 bridgehead atoms. The predicted octanol–water partition coefficient (Wildman–Crippen LogP) is 1.43. The lowest BCUT2D eigenvalue weighted by atomic mass is 10.1. The summed E-state index contributed by atoms with van der Waals surface area (Å²) in [4.78, 5) is 10.0. The molecule has 0 aliphatic heterocycles. The minimum absolute atomic E-state index is 0.170. The minimum atomic E-state index is 0.170. The van der Waals surface area contributed by atoms with Gasteiger partial charge in [0.25, 0.3) is 0 Å². The lowest BCUT2D eigenvalue weighted by molar-refractivity contribution is -0.104. The van der Waals surface area contributed by atoms with Gasteiger partial charge < -0.3 is 5.11 Å². The zero-order valence-electron chi connectivity index (χ0n) is 7.31. The van der Waals surface area contributed by atoms with Gasteiger partial charge in [0.15, 0.2) is 0 Å². The summed E-state index contributed by atoms with van der Waals surface area (Å²) >= 11 is 0. The molecule has 0 atom stereocenters. The molecule has 0 radical (unpaired) electrons. The highest BCUT2D eigenvalue weighted by Crippen LogP contribution is 2.06. The third kappa shape index (κ3) is 3.22. The van der Waals surface area contributed by atoms with Crippen LogP contribution in [0.2, 0.25) is 0 Å². The van der Waals surface area contributed by atoms with E-state index in [2.05, 4.69) is 0 Å². The fourth-order valence-corrected chi connectivity index (χ4v) is 1.07. The second-order valence-corrected chi connectivity index (χ2v) is 2.71. The molecule has 68 valence electrons. The Labute approximate surface area is 77.5 Å². The Kier molecular flexibility index (Phi) is 3.93. The Morgan fingerprint density at radius 1 is 1.23 bits per heavy atom. The van der Waals surface area contributed by atoms with Crippen molar-refractivity contribution in [3.05, 3.63) is 41.5 Å². The average molecular weight is 176 g/mol. The molecule has 0 saturated carbocycles. The molecule has 0 amide bonds. The molecule has 0 saturated heterocycles.